The van der Waals surface area contributed by atoms with Crippen molar-refractivity contribution in [2.24, 2.45) is 0 Å². The van der Waals surface area contributed by atoms with Crippen LogP contribution < -0.4 is 5.32 Å². The lowest BCUT2D eigenvalue weighted by Crippen LogP contribution is -2.23. The molecule has 0 aliphatic carbocycles. The molecule has 0 bridgehead atoms. The maximum absolute atomic E-state index is 10.7. The van der Waals surface area contributed by atoms with E-state index in [9.17, 15) is 4.79 Å². The second kappa shape index (κ2) is 3.13. The molecule has 4 heteroatoms. The van der Waals surface area contributed by atoms with Gasteiger partial charge in [-0.3, -0.25) is 4.79 Å². The fraction of sp³-hybridized carbons (Fsp3) is 0.400. The summed E-state index contributed by atoms with van der Waals surface area (Å²) in [7, 11) is 0. The molecular formula is C5H6ClNOS. The maximum Gasteiger partial charge on any atom is 0.263 e. The number of amides is 1. The summed E-state index contributed by atoms with van der Waals surface area (Å²) in [6, 6.07) is 0. The lowest BCUT2D eigenvalue weighted by molar-refractivity contribution is -0.116. The van der Waals surface area contributed by atoms with Crippen molar-refractivity contribution in [1.29, 1.82) is 0 Å². The molecule has 0 atom stereocenters. The van der Waals surface area contributed by atoms with Gasteiger partial charge in [0.25, 0.3) is 5.91 Å². The molecular weight excluding hydrogens is 158 g/mol. The third kappa shape index (κ3) is 1.91. The predicted molar refractivity (Wildman–Crippen MR) is 39.4 cm³/mol. The van der Waals surface area contributed by atoms with Gasteiger partial charge in [-0.05, 0) is 5.41 Å². The van der Waals surface area contributed by atoms with Gasteiger partial charge in [-0.25, -0.2) is 0 Å². The molecule has 1 aliphatic heterocycles. The van der Waals surface area contributed by atoms with Crippen LogP contribution in [0.25, 0.3) is 0 Å². The van der Waals surface area contributed by atoms with Gasteiger partial charge in [-0.1, -0.05) is 11.6 Å². The second-order valence-corrected chi connectivity index (χ2v) is 2.98. The van der Waals surface area contributed by atoms with Gasteiger partial charge >= 0.3 is 0 Å². The van der Waals surface area contributed by atoms with Crippen molar-refractivity contribution in [2.75, 3.05) is 12.3 Å². The van der Waals surface area contributed by atoms with E-state index in [0.717, 1.165) is 5.75 Å². The van der Waals surface area contributed by atoms with E-state index in [1.807, 2.05) is 0 Å². The Morgan fingerprint density at radius 3 is 3.33 bits per heavy atom. The Hall–Kier alpha value is -0.150. The molecule has 0 fully saturated rings. The first-order chi connectivity index (χ1) is 4.30. The number of hydrogen-bond donors (Lipinski definition) is 1. The molecule has 1 amide bonds. The molecule has 1 heterocycles. The molecule has 2 nitrogen and oxygen atoms in total. The van der Waals surface area contributed by atoms with Gasteiger partial charge in [-0.15, -0.1) is 11.8 Å². The number of halogens is 1. The average Bonchev–Trinajstić information content (AvgIpc) is 1.99. The zero-order chi connectivity index (χ0) is 6.69. The van der Waals surface area contributed by atoms with E-state index in [-0.39, 0.29) is 10.9 Å². The lowest BCUT2D eigenvalue weighted by atomic mass is 10.5. The van der Waals surface area contributed by atoms with Crippen LogP contribution in [0.3, 0.4) is 0 Å². The molecule has 1 aliphatic rings. The third-order valence-electron chi connectivity index (χ3n) is 0.909. The summed E-state index contributed by atoms with van der Waals surface area (Å²) >= 11 is 7.05. The highest BCUT2D eigenvalue weighted by atomic mass is 35.5. The number of carbonyl (C=O) groups is 1. The first-order valence-electron chi connectivity index (χ1n) is 2.56. The summed E-state index contributed by atoms with van der Waals surface area (Å²) in [4.78, 5) is 10.7. The van der Waals surface area contributed by atoms with Crippen LogP contribution >= 0.6 is 23.4 Å². The Morgan fingerprint density at radius 2 is 2.56 bits per heavy atom. The SMILES string of the molecule is O=C1NCCSC=C1Cl. The Morgan fingerprint density at radius 1 is 1.78 bits per heavy atom. The molecule has 1 rings (SSSR count). The van der Waals surface area contributed by atoms with Crippen molar-refractivity contribution < 1.29 is 4.79 Å². The van der Waals surface area contributed by atoms with Gasteiger partial charge in [0.15, 0.2) is 0 Å². The molecule has 0 unspecified atom stereocenters. The molecule has 9 heavy (non-hydrogen) atoms. The van der Waals surface area contributed by atoms with E-state index in [0.29, 0.717) is 6.54 Å². The molecule has 0 saturated carbocycles. The molecule has 1 N–H and O–H groups in total. The standard InChI is InChI=1S/C5H6ClNOS/c6-4-3-9-2-1-7-5(4)8/h3H,1-2H2,(H,7,8). The first kappa shape index (κ1) is 6.96. The van der Waals surface area contributed by atoms with Gasteiger partial charge in [0, 0.05) is 12.3 Å². The number of carbonyl (C=O) groups excluding carboxylic acids is 1. The third-order valence-corrected chi connectivity index (χ3v) is 2.16. The average molecular weight is 164 g/mol. The number of nitrogens with one attached hydrogen (secondary N) is 1. The van der Waals surface area contributed by atoms with Crippen molar-refractivity contribution in [3.63, 3.8) is 0 Å². The highest BCUT2D eigenvalue weighted by Gasteiger charge is 2.07. The van der Waals surface area contributed by atoms with E-state index in [4.69, 9.17) is 11.6 Å². The predicted octanol–water partition coefficient (Wildman–Crippen LogP) is 0.930. The maximum atomic E-state index is 10.7. The first-order valence-corrected chi connectivity index (χ1v) is 3.99. The Labute approximate surface area is 62.6 Å². The highest BCUT2D eigenvalue weighted by Crippen LogP contribution is 2.12. The number of rotatable bonds is 0. The van der Waals surface area contributed by atoms with Crippen molar-refractivity contribution in [1.82, 2.24) is 5.32 Å². The summed E-state index contributed by atoms with van der Waals surface area (Å²) in [6.45, 7) is 0.705. The van der Waals surface area contributed by atoms with Crippen molar-refractivity contribution >= 4 is 29.3 Å². The zero-order valence-corrected chi connectivity index (χ0v) is 6.26. The molecule has 50 valence electrons. The molecule has 0 spiro atoms. The normalized spacial score (nSPS) is 20.1. The fourth-order valence-corrected chi connectivity index (χ4v) is 1.34. The van der Waals surface area contributed by atoms with Gasteiger partial charge in [-0.2, -0.15) is 0 Å². The fourth-order valence-electron chi connectivity index (χ4n) is 0.494. The zero-order valence-electron chi connectivity index (χ0n) is 4.69. The summed E-state index contributed by atoms with van der Waals surface area (Å²) in [5.41, 5.74) is 0. The Kier molecular flexibility index (Phi) is 2.42. The molecule has 0 aromatic heterocycles. The van der Waals surface area contributed by atoms with Crippen molar-refractivity contribution in [2.45, 2.75) is 0 Å². The number of thioether (sulfide) groups is 1. The van der Waals surface area contributed by atoms with E-state index in [2.05, 4.69) is 5.32 Å². The lowest BCUT2D eigenvalue weighted by Gasteiger charge is -1.94. The largest absolute Gasteiger partial charge is 0.350 e. The molecule has 0 saturated heterocycles. The van der Waals surface area contributed by atoms with Crippen LogP contribution in [-0.2, 0) is 4.79 Å². The summed E-state index contributed by atoms with van der Waals surface area (Å²) < 4.78 is 0. The summed E-state index contributed by atoms with van der Waals surface area (Å²) in [6.07, 6.45) is 0. The topological polar surface area (TPSA) is 29.1 Å². The highest BCUT2D eigenvalue weighted by molar-refractivity contribution is 8.02. The van der Waals surface area contributed by atoms with Crippen LogP contribution in [0.1, 0.15) is 0 Å². The minimum Gasteiger partial charge on any atom is -0.350 e. The van der Waals surface area contributed by atoms with Crippen LogP contribution in [0.5, 0.6) is 0 Å². The minimum atomic E-state index is -0.165. The van der Waals surface area contributed by atoms with Crippen LogP contribution in [-0.4, -0.2) is 18.2 Å². The van der Waals surface area contributed by atoms with Gasteiger partial charge in [0.2, 0.25) is 0 Å². The van der Waals surface area contributed by atoms with Crippen LogP contribution in [0.4, 0.5) is 0 Å². The summed E-state index contributed by atoms with van der Waals surface area (Å²) in [5, 5.41) is 4.59. The van der Waals surface area contributed by atoms with Gasteiger partial charge < -0.3 is 5.32 Å². The van der Waals surface area contributed by atoms with Crippen LogP contribution in [0.15, 0.2) is 10.4 Å². The van der Waals surface area contributed by atoms with Crippen molar-refractivity contribution in [3.05, 3.63) is 10.4 Å². The van der Waals surface area contributed by atoms with E-state index < -0.39 is 0 Å². The second-order valence-electron chi connectivity index (χ2n) is 1.59. The minimum absolute atomic E-state index is 0.165. The quantitative estimate of drug-likeness (QED) is 0.576. The van der Waals surface area contributed by atoms with Gasteiger partial charge in [0.1, 0.15) is 5.03 Å². The molecule has 0 aromatic rings. The monoisotopic (exact) mass is 163 g/mol. The van der Waals surface area contributed by atoms with E-state index in [1.165, 1.54) is 0 Å². The Bertz CT molecular complexity index is 157. The van der Waals surface area contributed by atoms with E-state index >= 15 is 0 Å². The Balaban J connectivity index is 2.61. The molecule has 0 aromatic carbocycles. The van der Waals surface area contributed by atoms with E-state index in [1.54, 1.807) is 17.2 Å². The number of hydrogen-bond acceptors (Lipinski definition) is 2. The van der Waals surface area contributed by atoms with Crippen LogP contribution in [0, 0.1) is 0 Å². The van der Waals surface area contributed by atoms with Gasteiger partial charge in [0.05, 0.1) is 0 Å². The smallest absolute Gasteiger partial charge is 0.263 e. The van der Waals surface area contributed by atoms with Crippen molar-refractivity contribution in [3.8, 4) is 0 Å². The summed E-state index contributed by atoms with van der Waals surface area (Å²) in [5.74, 6) is 0.740. The molecule has 0 radical (unpaired) electrons. The van der Waals surface area contributed by atoms with Crippen LogP contribution in [0.2, 0.25) is 0 Å².